The summed E-state index contributed by atoms with van der Waals surface area (Å²) in [6.07, 6.45) is 0.305. The fraction of sp³-hybridized carbons (Fsp3) is 0.444. The van der Waals surface area contributed by atoms with E-state index in [4.69, 9.17) is 0 Å². The predicted molar refractivity (Wildman–Crippen MR) is 57.0 cm³/mol. The van der Waals surface area contributed by atoms with Gasteiger partial charge in [0, 0.05) is 21.2 Å². The monoisotopic (exact) mass is 262 g/mol. The molecule has 13 heavy (non-hydrogen) atoms. The third kappa shape index (κ3) is 3.21. The maximum atomic E-state index is 11.4. The Bertz CT molecular complexity index is 312. The van der Waals surface area contributed by atoms with Gasteiger partial charge in [-0.05, 0) is 35.8 Å². The zero-order valence-corrected chi connectivity index (χ0v) is 9.91. The van der Waals surface area contributed by atoms with E-state index in [-0.39, 0.29) is 5.78 Å². The van der Waals surface area contributed by atoms with Crippen molar-refractivity contribution in [1.82, 2.24) is 0 Å². The quantitative estimate of drug-likeness (QED) is 0.909. The SMILES string of the molecule is CC(C)(O)C(=O)Cc1cc(Br)cs1. The molecule has 2 nitrogen and oxygen atoms in total. The van der Waals surface area contributed by atoms with Crippen LogP contribution in [-0.4, -0.2) is 16.5 Å². The highest BCUT2D eigenvalue weighted by Gasteiger charge is 2.23. The molecule has 0 atom stereocenters. The summed E-state index contributed by atoms with van der Waals surface area (Å²) in [7, 11) is 0. The van der Waals surface area contributed by atoms with Crippen LogP contribution in [0.15, 0.2) is 15.9 Å². The molecule has 0 spiro atoms. The van der Waals surface area contributed by atoms with Gasteiger partial charge < -0.3 is 5.11 Å². The van der Waals surface area contributed by atoms with Crippen LogP contribution in [0.2, 0.25) is 0 Å². The Kier molecular flexibility index (Phi) is 3.27. The summed E-state index contributed by atoms with van der Waals surface area (Å²) in [5, 5.41) is 11.3. The molecule has 0 fully saturated rings. The van der Waals surface area contributed by atoms with E-state index in [9.17, 15) is 9.90 Å². The molecule has 72 valence electrons. The molecule has 1 N–H and O–H groups in total. The van der Waals surface area contributed by atoms with Crippen molar-refractivity contribution in [3.8, 4) is 0 Å². The minimum atomic E-state index is -1.23. The first-order valence-corrected chi connectivity index (χ1v) is 5.55. The molecule has 1 aromatic heterocycles. The number of hydrogen-bond donors (Lipinski definition) is 1. The second kappa shape index (κ2) is 3.90. The van der Waals surface area contributed by atoms with Crippen LogP contribution >= 0.6 is 27.3 Å². The minimum absolute atomic E-state index is 0.151. The van der Waals surface area contributed by atoms with Gasteiger partial charge in [0.25, 0.3) is 0 Å². The van der Waals surface area contributed by atoms with Crippen LogP contribution < -0.4 is 0 Å². The average molecular weight is 263 g/mol. The van der Waals surface area contributed by atoms with Gasteiger partial charge in [-0.15, -0.1) is 11.3 Å². The number of Topliss-reactive ketones (excluding diaryl/α,β-unsaturated/α-hetero) is 1. The topological polar surface area (TPSA) is 37.3 Å². The first-order chi connectivity index (χ1) is 5.89. The molecule has 0 aliphatic carbocycles. The molecule has 0 saturated heterocycles. The van der Waals surface area contributed by atoms with Gasteiger partial charge in [0.05, 0.1) is 0 Å². The van der Waals surface area contributed by atoms with Crippen LogP contribution in [0, 0.1) is 0 Å². The first-order valence-electron chi connectivity index (χ1n) is 3.88. The molecule has 0 unspecified atom stereocenters. The third-order valence-electron chi connectivity index (χ3n) is 1.64. The number of carbonyl (C=O) groups is 1. The number of carbonyl (C=O) groups excluding carboxylic acids is 1. The van der Waals surface area contributed by atoms with Gasteiger partial charge in [-0.3, -0.25) is 4.79 Å². The van der Waals surface area contributed by atoms with Crippen molar-refractivity contribution < 1.29 is 9.90 Å². The largest absolute Gasteiger partial charge is 0.383 e. The Morgan fingerprint density at radius 3 is 2.69 bits per heavy atom. The molecule has 0 amide bonds. The van der Waals surface area contributed by atoms with Gasteiger partial charge in [-0.1, -0.05) is 0 Å². The van der Waals surface area contributed by atoms with Gasteiger partial charge in [0.1, 0.15) is 5.60 Å². The predicted octanol–water partition coefficient (Wildman–Crippen LogP) is 2.39. The van der Waals surface area contributed by atoms with Crippen LogP contribution in [0.4, 0.5) is 0 Å². The van der Waals surface area contributed by atoms with Crippen molar-refractivity contribution in [3.05, 3.63) is 20.8 Å². The molecular formula is C9H11BrO2S. The fourth-order valence-electron chi connectivity index (χ4n) is 0.821. The third-order valence-corrected chi connectivity index (χ3v) is 3.34. The molecule has 0 aromatic carbocycles. The van der Waals surface area contributed by atoms with E-state index in [2.05, 4.69) is 15.9 Å². The number of thiophene rings is 1. The maximum Gasteiger partial charge on any atom is 0.168 e. The highest BCUT2D eigenvalue weighted by Crippen LogP contribution is 2.21. The number of halogens is 1. The molecule has 0 bridgehead atoms. The summed E-state index contributed by atoms with van der Waals surface area (Å²) < 4.78 is 0.982. The highest BCUT2D eigenvalue weighted by atomic mass is 79.9. The molecule has 1 rings (SSSR count). The van der Waals surface area contributed by atoms with E-state index >= 15 is 0 Å². The Balaban J connectivity index is 2.65. The lowest BCUT2D eigenvalue weighted by atomic mass is 10.0. The van der Waals surface area contributed by atoms with Crippen molar-refractivity contribution in [2.75, 3.05) is 0 Å². The van der Waals surface area contributed by atoms with Crippen molar-refractivity contribution in [3.63, 3.8) is 0 Å². The number of aliphatic hydroxyl groups is 1. The molecule has 0 radical (unpaired) electrons. The van der Waals surface area contributed by atoms with Crippen LogP contribution in [0.5, 0.6) is 0 Å². The van der Waals surface area contributed by atoms with Crippen LogP contribution in [-0.2, 0) is 11.2 Å². The van der Waals surface area contributed by atoms with E-state index in [0.717, 1.165) is 9.35 Å². The Hall–Kier alpha value is -0.190. The molecule has 0 saturated carbocycles. The second-order valence-electron chi connectivity index (χ2n) is 3.39. The van der Waals surface area contributed by atoms with Gasteiger partial charge >= 0.3 is 0 Å². The van der Waals surface area contributed by atoms with Gasteiger partial charge in [0.15, 0.2) is 5.78 Å². The van der Waals surface area contributed by atoms with Crippen molar-refractivity contribution in [1.29, 1.82) is 0 Å². The van der Waals surface area contributed by atoms with Gasteiger partial charge in [0.2, 0.25) is 0 Å². The molecule has 0 aliphatic rings. The van der Waals surface area contributed by atoms with Crippen LogP contribution in [0.1, 0.15) is 18.7 Å². The Labute approximate surface area is 89.7 Å². The van der Waals surface area contributed by atoms with E-state index in [1.165, 1.54) is 25.2 Å². The molecule has 4 heteroatoms. The van der Waals surface area contributed by atoms with Crippen molar-refractivity contribution in [2.24, 2.45) is 0 Å². The number of hydrogen-bond acceptors (Lipinski definition) is 3. The maximum absolute atomic E-state index is 11.4. The zero-order chi connectivity index (χ0) is 10.1. The summed E-state index contributed by atoms with van der Waals surface area (Å²) in [4.78, 5) is 12.4. The molecule has 1 heterocycles. The lowest BCUT2D eigenvalue weighted by Crippen LogP contribution is -2.32. The average Bonchev–Trinajstić information content (AvgIpc) is 2.33. The normalized spacial score (nSPS) is 11.7. The standard InChI is InChI=1S/C9H11BrO2S/c1-9(2,12)8(11)4-7-3-6(10)5-13-7/h3,5,12H,4H2,1-2H3. The Morgan fingerprint density at radius 2 is 2.31 bits per heavy atom. The molecule has 0 aliphatic heterocycles. The van der Waals surface area contributed by atoms with Crippen LogP contribution in [0.25, 0.3) is 0 Å². The summed E-state index contributed by atoms with van der Waals surface area (Å²) >= 11 is 4.82. The first kappa shape index (κ1) is 10.9. The van der Waals surface area contributed by atoms with Crippen molar-refractivity contribution >= 4 is 33.0 Å². The molecule has 1 aromatic rings. The van der Waals surface area contributed by atoms with E-state index in [1.54, 1.807) is 0 Å². The number of rotatable bonds is 3. The smallest absolute Gasteiger partial charge is 0.168 e. The lowest BCUT2D eigenvalue weighted by Gasteiger charge is -2.14. The summed E-state index contributed by atoms with van der Waals surface area (Å²) in [6.45, 7) is 3.02. The highest BCUT2D eigenvalue weighted by molar-refractivity contribution is 9.10. The zero-order valence-electron chi connectivity index (χ0n) is 7.50. The van der Waals surface area contributed by atoms with Gasteiger partial charge in [-0.2, -0.15) is 0 Å². The van der Waals surface area contributed by atoms with Gasteiger partial charge in [-0.25, -0.2) is 0 Å². The van der Waals surface area contributed by atoms with E-state index in [1.807, 2.05) is 11.4 Å². The van der Waals surface area contributed by atoms with E-state index in [0.29, 0.717) is 6.42 Å². The van der Waals surface area contributed by atoms with Crippen molar-refractivity contribution in [2.45, 2.75) is 25.9 Å². The summed E-state index contributed by atoms with van der Waals surface area (Å²) in [5.41, 5.74) is -1.23. The number of ketones is 1. The fourth-order valence-corrected chi connectivity index (χ4v) is 2.27. The summed E-state index contributed by atoms with van der Waals surface area (Å²) in [6, 6.07) is 1.90. The molecular weight excluding hydrogens is 252 g/mol. The summed E-state index contributed by atoms with van der Waals surface area (Å²) in [5.74, 6) is -0.151. The van der Waals surface area contributed by atoms with Crippen LogP contribution in [0.3, 0.4) is 0 Å². The lowest BCUT2D eigenvalue weighted by molar-refractivity contribution is -0.133. The minimum Gasteiger partial charge on any atom is -0.383 e. The van der Waals surface area contributed by atoms with E-state index < -0.39 is 5.60 Å². The Morgan fingerprint density at radius 1 is 1.69 bits per heavy atom. The second-order valence-corrected chi connectivity index (χ2v) is 5.30.